The van der Waals surface area contributed by atoms with Gasteiger partial charge in [0.15, 0.2) is 5.82 Å². The lowest BCUT2D eigenvalue weighted by Gasteiger charge is -1.99. The Balaban J connectivity index is 1.75. The molecule has 0 saturated heterocycles. The van der Waals surface area contributed by atoms with Gasteiger partial charge in [-0.1, -0.05) is 10.4 Å². The number of hydrogen-bond donors (Lipinski definition) is 1. The van der Waals surface area contributed by atoms with Crippen LogP contribution in [0.2, 0.25) is 0 Å². The average Bonchev–Trinajstić information content (AvgIpc) is 3.18. The quantitative estimate of drug-likeness (QED) is 0.612. The minimum absolute atomic E-state index is 0.418. The summed E-state index contributed by atoms with van der Waals surface area (Å²) in [7, 11) is 0. The minimum atomic E-state index is 0.418. The van der Waals surface area contributed by atoms with E-state index in [1.54, 1.807) is 23.3 Å². The lowest BCUT2D eigenvalue weighted by atomic mass is 10.1. The van der Waals surface area contributed by atoms with E-state index in [4.69, 9.17) is 4.52 Å². The molecule has 0 bridgehead atoms. The van der Waals surface area contributed by atoms with Gasteiger partial charge in [-0.25, -0.2) is 4.68 Å². The topological polar surface area (TPSA) is 98.3 Å². The number of H-pyrrole nitrogens is 1. The van der Waals surface area contributed by atoms with Crippen molar-refractivity contribution in [3.63, 3.8) is 0 Å². The van der Waals surface area contributed by atoms with Gasteiger partial charge in [-0.05, 0) is 24.6 Å². The highest BCUT2D eigenvalue weighted by molar-refractivity contribution is 5.91. The van der Waals surface area contributed by atoms with Gasteiger partial charge in [0.05, 0.1) is 23.5 Å². The Morgan fingerprint density at radius 1 is 1.33 bits per heavy atom. The van der Waals surface area contributed by atoms with Crippen molar-refractivity contribution in [2.75, 3.05) is 0 Å². The van der Waals surface area contributed by atoms with Crippen molar-refractivity contribution in [2.24, 2.45) is 0 Å². The zero-order chi connectivity index (χ0) is 14.2. The first-order chi connectivity index (χ1) is 10.3. The normalized spacial score (nSPS) is 11.3. The molecule has 0 amide bonds. The molecule has 3 heterocycles. The molecule has 0 radical (unpaired) electrons. The second kappa shape index (κ2) is 4.51. The maximum absolute atomic E-state index is 5.36. The van der Waals surface area contributed by atoms with Crippen molar-refractivity contribution in [1.29, 1.82) is 0 Å². The van der Waals surface area contributed by atoms with Crippen molar-refractivity contribution in [2.45, 2.75) is 13.5 Å². The SMILES string of the molecule is Cc1cc(-c2nc(Cn3ccnn3)no2)c2[nH]ncc2c1. The van der Waals surface area contributed by atoms with Gasteiger partial charge in [0, 0.05) is 11.6 Å². The third-order valence-corrected chi connectivity index (χ3v) is 3.17. The first-order valence-corrected chi connectivity index (χ1v) is 6.40. The summed E-state index contributed by atoms with van der Waals surface area (Å²) < 4.78 is 7.00. The number of aryl methyl sites for hydroxylation is 1. The molecule has 104 valence electrons. The predicted octanol–water partition coefficient (Wildman–Crippen LogP) is 1.56. The van der Waals surface area contributed by atoms with E-state index in [0.717, 1.165) is 22.0 Å². The van der Waals surface area contributed by atoms with Crippen LogP contribution in [0.15, 0.2) is 35.2 Å². The van der Waals surface area contributed by atoms with Crippen LogP contribution in [0.1, 0.15) is 11.4 Å². The highest BCUT2D eigenvalue weighted by atomic mass is 16.5. The van der Waals surface area contributed by atoms with Crippen LogP contribution < -0.4 is 0 Å². The van der Waals surface area contributed by atoms with Gasteiger partial charge in [-0.3, -0.25) is 5.10 Å². The first kappa shape index (κ1) is 11.8. The number of nitrogens with zero attached hydrogens (tertiary/aromatic N) is 6. The van der Waals surface area contributed by atoms with Gasteiger partial charge in [0.2, 0.25) is 0 Å². The molecular formula is C13H11N7O. The van der Waals surface area contributed by atoms with Crippen LogP contribution in [-0.4, -0.2) is 35.3 Å². The van der Waals surface area contributed by atoms with Crippen LogP contribution in [0.3, 0.4) is 0 Å². The molecule has 0 aliphatic carbocycles. The lowest BCUT2D eigenvalue weighted by Crippen LogP contribution is -2.02. The van der Waals surface area contributed by atoms with E-state index in [2.05, 4.69) is 36.7 Å². The molecule has 0 spiro atoms. The van der Waals surface area contributed by atoms with Crippen molar-refractivity contribution in [3.05, 3.63) is 42.1 Å². The van der Waals surface area contributed by atoms with Crippen molar-refractivity contribution < 1.29 is 4.52 Å². The zero-order valence-electron chi connectivity index (χ0n) is 11.2. The summed E-state index contributed by atoms with van der Waals surface area (Å²) in [6.07, 6.45) is 5.13. The Hall–Kier alpha value is -3.03. The number of aromatic amines is 1. The summed E-state index contributed by atoms with van der Waals surface area (Å²) in [5.41, 5.74) is 2.84. The third-order valence-electron chi connectivity index (χ3n) is 3.17. The van der Waals surface area contributed by atoms with E-state index in [9.17, 15) is 0 Å². The van der Waals surface area contributed by atoms with E-state index in [1.165, 1.54) is 0 Å². The Labute approximate surface area is 118 Å². The Bertz CT molecular complexity index is 890. The van der Waals surface area contributed by atoms with Gasteiger partial charge in [-0.15, -0.1) is 5.10 Å². The lowest BCUT2D eigenvalue weighted by molar-refractivity contribution is 0.418. The summed E-state index contributed by atoms with van der Waals surface area (Å²) in [5.74, 6) is 1.01. The largest absolute Gasteiger partial charge is 0.334 e. The summed E-state index contributed by atoms with van der Waals surface area (Å²) in [6, 6.07) is 4.04. The molecule has 0 saturated carbocycles. The fraction of sp³-hybridized carbons (Fsp3) is 0.154. The molecular weight excluding hydrogens is 270 g/mol. The van der Waals surface area contributed by atoms with Crippen LogP contribution in [0, 0.1) is 6.92 Å². The highest BCUT2D eigenvalue weighted by Crippen LogP contribution is 2.27. The van der Waals surface area contributed by atoms with Gasteiger partial charge >= 0.3 is 0 Å². The third kappa shape index (κ3) is 2.06. The highest BCUT2D eigenvalue weighted by Gasteiger charge is 2.14. The fourth-order valence-electron chi connectivity index (χ4n) is 2.27. The maximum atomic E-state index is 5.36. The van der Waals surface area contributed by atoms with Crippen molar-refractivity contribution in [1.82, 2.24) is 35.3 Å². The monoisotopic (exact) mass is 281 g/mol. The molecule has 0 aliphatic rings. The second-order valence-corrected chi connectivity index (χ2v) is 4.76. The van der Waals surface area contributed by atoms with E-state index in [-0.39, 0.29) is 0 Å². The van der Waals surface area contributed by atoms with Crippen LogP contribution in [0.4, 0.5) is 0 Å². The molecule has 21 heavy (non-hydrogen) atoms. The van der Waals surface area contributed by atoms with Crippen LogP contribution in [0.25, 0.3) is 22.4 Å². The Morgan fingerprint density at radius 2 is 2.29 bits per heavy atom. The molecule has 1 N–H and O–H groups in total. The van der Waals surface area contributed by atoms with E-state index >= 15 is 0 Å². The van der Waals surface area contributed by atoms with Gasteiger partial charge in [-0.2, -0.15) is 10.1 Å². The number of rotatable bonds is 3. The molecule has 0 unspecified atom stereocenters. The number of fused-ring (bicyclic) bond motifs is 1. The molecule has 0 aliphatic heterocycles. The van der Waals surface area contributed by atoms with Crippen molar-refractivity contribution >= 4 is 10.9 Å². The number of hydrogen-bond acceptors (Lipinski definition) is 6. The summed E-state index contributed by atoms with van der Waals surface area (Å²) in [4.78, 5) is 4.41. The second-order valence-electron chi connectivity index (χ2n) is 4.76. The number of aromatic nitrogens is 7. The molecule has 8 nitrogen and oxygen atoms in total. The Kier molecular flexibility index (Phi) is 2.53. The molecule has 0 atom stereocenters. The summed E-state index contributed by atoms with van der Waals surface area (Å²) >= 11 is 0. The van der Waals surface area contributed by atoms with Gasteiger partial charge < -0.3 is 4.52 Å². The zero-order valence-corrected chi connectivity index (χ0v) is 11.2. The first-order valence-electron chi connectivity index (χ1n) is 6.40. The Morgan fingerprint density at radius 3 is 3.14 bits per heavy atom. The molecule has 4 aromatic rings. The standard InChI is InChI=1S/C13H11N7O/c1-8-4-9-6-15-17-12(9)10(5-8)13-16-11(18-21-13)7-20-3-2-14-19-20/h2-6H,7H2,1H3,(H,15,17). The smallest absolute Gasteiger partial charge is 0.260 e. The predicted molar refractivity (Wildman–Crippen MR) is 73.2 cm³/mol. The van der Waals surface area contributed by atoms with Crippen LogP contribution in [0.5, 0.6) is 0 Å². The fourth-order valence-corrected chi connectivity index (χ4v) is 2.27. The molecule has 4 rings (SSSR count). The molecule has 0 fully saturated rings. The summed E-state index contributed by atoms with van der Waals surface area (Å²) in [5, 5.41) is 19.6. The maximum Gasteiger partial charge on any atom is 0.260 e. The van der Waals surface area contributed by atoms with Crippen LogP contribution in [-0.2, 0) is 6.54 Å². The number of benzene rings is 1. The number of nitrogens with one attached hydrogen (secondary N) is 1. The van der Waals surface area contributed by atoms with Gasteiger partial charge in [0.1, 0.15) is 6.54 Å². The van der Waals surface area contributed by atoms with Gasteiger partial charge in [0.25, 0.3) is 5.89 Å². The van der Waals surface area contributed by atoms with E-state index < -0.39 is 0 Å². The van der Waals surface area contributed by atoms with E-state index in [1.807, 2.05) is 13.0 Å². The van der Waals surface area contributed by atoms with Crippen molar-refractivity contribution in [3.8, 4) is 11.5 Å². The molecule has 1 aromatic carbocycles. The molecule has 8 heteroatoms. The minimum Gasteiger partial charge on any atom is -0.334 e. The van der Waals surface area contributed by atoms with Crippen LogP contribution >= 0.6 is 0 Å². The van der Waals surface area contributed by atoms with E-state index in [0.29, 0.717) is 18.3 Å². The molecule has 3 aromatic heterocycles. The summed E-state index contributed by atoms with van der Waals surface area (Å²) in [6.45, 7) is 2.43. The average molecular weight is 281 g/mol.